The maximum absolute atomic E-state index is 8.74. The molecule has 1 aromatic carbocycles. The topological polar surface area (TPSA) is 32.3 Å². The van der Waals surface area contributed by atoms with E-state index in [2.05, 4.69) is 36.7 Å². The molecule has 3 heteroatoms. The first kappa shape index (κ1) is 10.7. The van der Waals surface area contributed by atoms with E-state index in [1.54, 1.807) is 0 Å². The second-order valence-corrected chi connectivity index (χ2v) is 6.10. The molecule has 0 aliphatic heterocycles. The molecule has 1 rings (SSSR count). The van der Waals surface area contributed by atoms with Crippen molar-refractivity contribution in [2.24, 2.45) is 0 Å². The van der Waals surface area contributed by atoms with E-state index >= 15 is 0 Å². The molecule has 0 aliphatic rings. The van der Waals surface area contributed by atoms with Gasteiger partial charge in [0.2, 0.25) is 0 Å². The Morgan fingerprint density at radius 3 is 2.38 bits per heavy atom. The van der Waals surface area contributed by atoms with Crippen molar-refractivity contribution in [3.8, 4) is 0 Å². The molecule has 0 fully saturated rings. The van der Waals surface area contributed by atoms with Crippen LogP contribution < -0.4 is 9.94 Å². The van der Waals surface area contributed by atoms with E-state index < -0.39 is 0 Å². The molecule has 0 saturated carbocycles. The van der Waals surface area contributed by atoms with Gasteiger partial charge in [-0.25, -0.2) is 0 Å². The third-order valence-corrected chi connectivity index (χ3v) is 4.75. The van der Waals surface area contributed by atoms with Crippen molar-refractivity contribution in [2.75, 3.05) is 0 Å². The first-order chi connectivity index (χ1) is 6.24. The van der Waals surface area contributed by atoms with E-state index in [9.17, 15) is 0 Å². The van der Waals surface area contributed by atoms with Crippen molar-refractivity contribution in [1.82, 2.24) is 5.48 Å². The van der Waals surface area contributed by atoms with Crippen molar-refractivity contribution in [3.05, 3.63) is 30.3 Å². The molecule has 0 aromatic heterocycles. The van der Waals surface area contributed by atoms with Crippen LogP contribution in [0, 0.1) is 0 Å². The van der Waals surface area contributed by atoms with Gasteiger partial charge in [0, 0.05) is 0 Å². The van der Waals surface area contributed by atoms with Crippen LogP contribution in [0.25, 0.3) is 0 Å². The van der Waals surface area contributed by atoms with Gasteiger partial charge in [-0.15, -0.1) is 0 Å². The average molecular weight is 244 g/mol. The number of rotatable bonds is 4. The van der Waals surface area contributed by atoms with Crippen molar-refractivity contribution in [2.45, 2.75) is 24.7 Å². The fraction of sp³-hybridized carbons (Fsp3) is 0.400. The summed E-state index contributed by atoms with van der Waals surface area (Å²) < 4.78 is 1.38. The summed E-state index contributed by atoms with van der Waals surface area (Å²) in [6.45, 7) is 4.15. The summed E-state index contributed by atoms with van der Waals surface area (Å²) in [5, 5.41) is 8.74. The number of hydrogen-bond donors (Lipinski definition) is 2. The Morgan fingerprint density at radius 1 is 1.23 bits per heavy atom. The zero-order chi connectivity index (χ0) is 9.68. The number of hydroxylamine groups is 1. The van der Waals surface area contributed by atoms with Crippen molar-refractivity contribution >= 4 is 19.4 Å². The quantitative estimate of drug-likeness (QED) is 0.616. The molecule has 13 heavy (non-hydrogen) atoms. The first-order valence-electron chi connectivity index (χ1n) is 4.35. The van der Waals surface area contributed by atoms with Gasteiger partial charge in [0.15, 0.2) is 0 Å². The van der Waals surface area contributed by atoms with E-state index in [1.165, 1.54) is 4.46 Å². The molecule has 2 unspecified atom stereocenters. The van der Waals surface area contributed by atoms with Crippen molar-refractivity contribution in [3.63, 3.8) is 0 Å². The summed E-state index contributed by atoms with van der Waals surface area (Å²) in [5.41, 5.74) is 2.30. The Hall–Kier alpha value is -0.341. The third-order valence-electron chi connectivity index (χ3n) is 1.97. The number of hydrogen-bond acceptors (Lipinski definition) is 2. The van der Waals surface area contributed by atoms with Gasteiger partial charge in [-0.1, -0.05) is 0 Å². The summed E-state index contributed by atoms with van der Waals surface area (Å²) in [4.78, 5) is 0.500. The fourth-order valence-electron chi connectivity index (χ4n) is 0.921. The zero-order valence-corrected chi connectivity index (χ0v) is 9.61. The number of benzene rings is 1. The zero-order valence-electron chi connectivity index (χ0n) is 7.90. The second kappa shape index (κ2) is 5.40. The van der Waals surface area contributed by atoms with Crippen LogP contribution in [-0.4, -0.2) is 26.2 Å². The molecule has 0 saturated heterocycles. The Kier molecular flexibility index (Phi) is 4.46. The van der Waals surface area contributed by atoms with E-state index in [0.717, 1.165) is 0 Å². The summed E-state index contributed by atoms with van der Waals surface area (Å²) in [6.07, 6.45) is 0. The third kappa shape index (κ3) is 3.49. The average Bonchev–Trinajstić information content (AvgIpc) is 2.18. The molecule has 2 nitrogen and oxygen atoms in total. The summed E-state index contributed by atoms with van der Waals surface area (Å²) in [7, 11) is 0. The van der Waals surface area contributed by atoms with Crippen LogP contribution in [0.15, 0.2) is 30.3 Å². The molecule has 0 radical (unpaired) electrons. The van der Waals surface area contributed by atoms with Crippen molar-refractivity contribution < 1.29 is 5.21 Å². The molecule has 2 atom stereocenters. The molecule has 0 bridgehead atoms. The Morgan fingerprint density at radius 2 is 1.85 bits per heavy atom. The van der Waals surface area contributed by atoms with Gasteiger partial charge in [0.25, 0.3) is 0 Å². The van der Waals surface area contributed by atoms with Gasteiger partial charge in [-0.05, 0) is 0 Å². The second-order valence-electron chi connectivity index (χ2n) is 3.05. The summed E-state index contributed by atoms with van der Waals surface area (Å²) >= 11 is 0.427. The van der Waals surface area contributed by atoms with Crippen LogP contribution >= 0.6 is 0 Å². The van der Waals surface area contributed by atoms with Crippen LogP contribution in [0.5, 0.6) is 0 Å². The summed E-state index contributed by atoms with van der Waals surface area (Å²) in [5.74, 6) is 0. The predicted octanol–water partition coefficient (Wildman–Crippen LogP) is 1.19. The van der Waals surface area contributed by atoms with E-state index in [0.29, 0.717) is 19.8 Å². The molecular weight excluding hydrogens is 229 g/mol. The minimum atomic E-state index is 0.167. The monoisotopic (exact) mass is 245 g/mol. The molecule has 0 aliphatic carbocycles. The molecule has 1 aromatic rings. The standard InChI is InChI=1S/C10H15NOSe/c1-8(11-12)9(2)13-10-6-4-3-5-7-10/h3-9,11-12H,1-2H3. The Bertz CT molecular complexity index is 240. The molecular formula is C10H15NOSe. The van der Waals surface area contributed by atoms with Crippen LogP contribution in [0.2, 0.25) is 4.82 Å². The van der Waals surface area contributed by atoms with E-state index in [1.807, 2.05) is 13.0 Å². The normalized spacial score (nSPS) is 15.3. The SMILES string of the molecule is CC(NO)C(C)[Se]c1ccccc1. The van der Waals surface area contributed by atoms with E-state index in [4.69, 9.17) is 5.21 Å². The Labute approximate surface area is 85.5 Å². The maximum atomic E-state index is 8.74. The van der Waals surface area contributed by atoms with Crippen molar-refractivity contribution in [1.29, 1.82) is 0 Å². The first-order valence-corrected chi connectivity index (χ1v) is 6.20. The van der Waals surface area contributed by atoms with Crippen LogP contribution in [-0.2, 0) is 0 Å². The number of nitrogens with one attached hydrogen (secondary N) is 1. The van der Waals surface area contributed by atoms with Gasteiger partial charge in [-0.3, -0.25) is 0 Å². The van der Waals surface area contributed by atoms with Gasteiger partial charge in [0.05, 0.1) is 0 Å². The van der Waals surface area contributed by atoms with Crippen LogP contribution in [0.4, 0.5) is 0 Å². The van der Waals surface area contributed by atoms with Gasteiger partial charge in [-0.2, -0.15) is 0 Å². The molecule has 0 amide bonds. The predicted molar refractivity (Wildman–Crippen MR) is 55.6 cm³/mol. The molecule has 72 valence electrons. The minimum absolute atomic E-state index is 0.167. The Balaban J connectivity index is 2.50. The van der Waals surface area contributed by atoms with Gasteiger partial charge in [0.1, 0.15) is 0 Å². The van der Waals surface area contributed by atoms with E-state index in [-0.39, 0.29) is 6.04 Å². The van der Waals surface area contributed by atoms with Crippen LogP contribution in [0.1, 0.15) is 13.8 Å². The summed E-state index contributed by atoms with van der Waals surface area (Å²) in [6, 6.07) is 10.6. The fourth-order valence-corrected chi connectivity index (χ4v) is 3.04. The van der Waals surface area contributed by atoms with Crippen LogP contribution in [0.3, 0.4) is 0 Å². The molecule has 2 N–H and O–H groups in total. The molecule has 0 spiro atoms. The van der Waals surface area contributed by atoms with Gasteiger partial charge < -0.3 is 0 Å². The molecule has 0 heterocycles. The van der Waals surface area contributed by atoms with Gasteiger partial charge >= 0.3 is 85.1 Å².